The number of aromatic hydroxyl groups is 1. The van der Waals surface area contributed by atoms with E-state index in [0.29, 0.717) is 68.7 Å². The summed E-state index contributed by atoms with van der Waals surface area (Å²) in [6.07, 6.45) is -0.554. The van der Waals surface area contributed by atoms with Crippen LogP contribution in [0.15, 0.2) is 24.3 Å². The fourth-order valence-electron chi connectivity index (χ4n) is 10.2. The Morgan fingerprint density at radius 1 is 1.05 bits per heavy atom. The number of phenolic OH excluding ortho intramolecular Hbond substituents is 1. The minimum Gasteiger partial charge on any atom is -0.504 e. The molecule has 1 saturated heterocycles. The first-order chi connectivity index (χ1) is 27.8. The van der Waals surface area contributed by atoms with Gasteiger partial charge in [0.15, 0.2) is 28.5 Å². The molecular weight excluding hydrogens is 769 g/mol. The quantitative estimate of drug-likeness (QED) is 0.145. The molecule has 5 N–H and O–H groups in total. The smallest absolute Gasteiger partial charge is 0.333 e. The Balaban J connectivity index is 1.33. The second-order valence-corrected chi connectivity index (χ2v) is 17.1. The van der Waals surface area contributed by atoms with Crippen molar-refractivity contribution in [3.8, 4) is 34.5 Å². The van der Waals surface area contributed by atoms with Crippen molar-refractivity contribution in [1.29, 1.82) is 0 Å². The number of thioether (sulfide) groups is 1. The molecule has 0 saturated carbocycles. The SMILES string of the molecule is COc1ccc2[nH]c3c(c2c1)C[C@H](CO)N[C@]31CS[C@@H]2c3c(OC(C)=O)c(C)c4c(c3[C@H](COC1=O)N1[C@@H]2[C@@H](N(C)C)c2c(cc(C)c(OC)c2O)C[C@@H]1O)OCO4. The van der Waals surface area contributed by atoms with Gasteiger partial charge in [-0.2, -0.15) is 0 Å². The number of aromatic amines is 1. The Morgan fingerprint density at radius 2 is 1.83 bits per heavy atom. The molecule has 16 heteroatoms. The summed E-state index contributed by atoms with van der Waals surface area (Å²) in [5.74, 6) is 1.11. The van der Waals surface area contributed by atoms with Gasteiger partial charge in [0.2, 0.25) is 6.79 Å². The van der Waals surface area contributed by atoms with Gasteiger partial charge in [0.1, 0.15) is 24.3 Å². The molecular formula is C42H48N4O11S. The van der Waals surface area contributed by atoms with Gasteiger partial charge in [-0.3, -0.25) is 15.0 Å². The molecule has 15 nitrogen and oxygen atoms in total. The van der Waals surface area contributed by atoms with Crippen LogP contribution in [0.1, 0.15) is 68.9 Å². The Hall–Kier alpha value is -4.71. The average molecular weight is 817 g/mol. The predicted octanol–water partition coefficient (Wildman–Crippen LogP) is 3.80. The first-order valence-electron chi connectivity index (χ1n) is 19.3. The Kier molecular flexibility index (Phi) is 9.52. The van der Waals surface area contributed by atoms with Crippen LogP contribution in [0.25, 0.3) is 10.9 Å². The van der Waals surface area contributed by atoms with Crippen LogP contribution in [0.5, 0.6) is 34.5 Å². The summed E-state index contributed by atoms with van der Waals surface area (Å²) in [6, 6.07) is 5.06. The monoisotopic (exact) mass is 816 g/mol. The molecule has 308 valence electrons. The largest absolute Gasteiger partial charge is 0.504 e. The number of hydrogen-bond donors (Lipinski definition) is 5. The van der Waals surface area contributed by atoms with Gasteiger partial charge < -0.3 is 53.6 Å². The van der Waals surface area contributed by atoms with Crippen LogP contribution in [-0.4, -0.2) is 114 Å². The molecule has 0 amide bonds. The predicted molar refractivity (Wildman–Crippen MR) is 213 cm³/mol. The number of aryl methyl sites for hydroxylation is 1. The van der Waals surface area contributed by atoms with Crippen LogP contribution in [0.3, 0.4) is 0 Å². The zero-order chi connectivity index (χ0) is 40.9. The molecule has 1 fully saturated rings. The van der Waals surface area contributed by atoms with Gasteiger partial charge in [-0.1, -0.05) is 6.07 Å². The van der Waals surface area contributed by atoms with E-state index in [0.717, 1.165) is 22.0 Å². The molecule has 6 aliphatic rings. The molecule has 0 unspecified atom stereocenters. The number of rotatable bonds is 5. The Labute approximate surface area is 339 Å². The number of fused-ring (bicyclic) bond motifs is 8. The van der Waals surface area contributed by atoms with E-state index < -0.39 is 53.1 Å². The number of aromatic nitrogens is 1. The molecule has 0 aliphatic carbocycles. The van der Waals surface area contributed by atoms with Crippen molar-refractivity contribution in [2.75, 3.05) is 54.1 Å². The fourth-order valence-corrected chi connectivity index (χ4v) is 11.9. The van der Waals surface area contributed by atoms with E-state index in [1.807, 2.05) is 62.0 Å². The number of H-pyrrole nitrogens is 1. The number of methoxy groups -OCH3 is 2. The lowest BCUT2D eigenvalue weighted by Gasteiger charge is -2.53. The van der Waals surface area contributed by atoms with Crippen molar-refractivity contribution in [3.63, 3.8) is 0 Å². The number of nitrogens with zero attached hydrogens (tertiary/aromatic N) is 2. The van der Waals surface area contributed by atoms with Crippen LogP contribution < -0.4 is 29.0 Å². The minimum atomic E-state index is -1.48. The maximum absolute atomic E-state index is 15.0. The van der Waals surface area contributed by atoms with Gasteiger partial charge in [0, 0.05) is 64.3 Å². The lowest BCUT2D eigenvalue weighted by molar-refractivity contribution is -0.159. The molecule has 7 heterocycles. The van der Waals surface area contributed by atoms with Crippen LogP contribution in [0.4, 0.5) is 0 Å². The summed E-state index contributed by atoms with van der Waals surface area (Å²) in [6.45, 7) is 4.46. The maximum Gasteiger partial charge on any atom is 0.333 e. The molecule has 6 aliphatic heterocycles. The molecule has 10 rings (SSSR count). The zero-order valence-electron chi connectivity index (χ0n) is 33.4. The third-order valence-electron chi connectivity index (χ3n) is 12.5. The third kappa shape index (κ3) is 5.59. The van der Waals surface area contributed by atoms with Crippen LogP contribution >= 0.6 is 11.8 Å². The molecule has 0 radical (unpaired) electrons. The minimum absolute atomic E-state index is 0.0219. The van der Waals surface area contributed by atoms with Crippen molar-refractivity contribution in [2.24, 2.45) is 0 Å². The first kappa shape index (κ1) is 38.8. The number of carbonyl (C=O) groups is 2. The zero-order valence-corrected chi connectivity index (χ0v) is 34.2. The number of aliphatic hydroxyl groups is 2. The van der Waals surface area contributed by atoms with E-state index in [9.17, 15) is 20.1 Å². The van der Waals surface area contributed by atoms with E-state index in [1.165, 1.54) is 25.8 Å². The molecule has 7 atom stereocenters. The summed E-state index contributed by atoms with van der Waals surface area (Å²) < 4.78 is 36.2. The fraction of sp³-hybridized carbons (Fsp3) is 0.476. The summed E-state index contributed by atoms with van der Waals surface area (Å²) in [7, 11) is 6.97. The molecule has 1 aromatic heterocycles. The highest BCUT2D eigenvalue weighted by atomic mass is 32.2. The van der Waals surface area contributed by atoms with Crippen LogP contribution in [-0.2, 0) is 32.7 Å². The van der Waals surface area contributed by atoms with Crippen molar-refractivity contribution in [2.45, 2.75) is 74.8 Å². The van der Waals surface area contributed by atoms with Gasteiger partial charge in [0.05, 0.1) is 43.9 Å². The lowest BCUT2D eigenvalue weighted by atomic mass is 9.80. The number of hydrogen-bond acceptors (Lipinski definition) is 15. The third-order valence-corrected chi connectivity index (χ3v) is 14.0. The maximum atomic E-state index is 15.0. The summed E-state index contributed by atoms with van der Waals surface area (Å²) >= 11 is 1.44. The van der Waals surface area contributed by atoms with E-state index in [-0.39, 0.29) is 37.9 Å². The molecule has 4 aromatic rings. The number of esters is 2. The standard InChI is InChI=1S/C42H48N4O11S/c1-18-10-21-11-28(49)46-27-15-54-41(51)42(40-25(12-22(14-47)44-42)24-13-23(52-6)8-9-26(24)43-40)16-58-39(33(46)32(45(4)5)29(21)34(50)35(18)53-7)31-30(27)38-37(55-17-56-38)19(2)36(31)57-20(3)48/h8-10,13,22,27-28,32-33,39,43-44,47,49-50H,11-12,14-17H2,1-7H3/t22-,27+,28+,32+,33-,39-,42-/m1/s1. The number of phenols is 1. The van der Waals surface area contributed by atoms with E-state index >= 15 is 4.79 Å². The van der Waals surface area contributed by atoms with E-state index in [1.54, 1.807) is 7.11 Å². The van der Waals surface area contributed by atoms with Crippen molar-refractivity contribution in [1.82, 2.24) is 20.1 Å². The highest BCUT2D eigenvalue weighted by molar-refractivity contribution is 7.99. The average Bonchev–Trinajstić information content (AvgIpc) is 3.81. The van der Waals surface area contributed by atoms with Crippen molar-refractivity contribution >= 4 is 34.6 Å². The number of ether oxygens (including phenoxy) is 6. The van der Waals surface area contributed by atoms with Gasteiger partial charge >= 0.3 is 11.9 Å². The van der Waals surface area contributed by atoms with Crippen LogP contribution in [0, 0.1) is 13.8 Å². The number of benzene rings is 3. The van der Waals surface area contributed by atoms with Gasteiger partial charge in [0.25, 0.3) is 0 Å². The first-order valence-corrected chi connectivity index (χ1v) is 20.4. The summed E-state index contributed by atoms with van der Waals surface area (Å²) in [5, 5.41) is 39.1. The van der Waals surface area contributed by atoms with Crippen molar-refractivity contribution < 1.29 is 53.3 Å². The topological polar surface area (TPSA) is 185 Å². The highest BCUT2D eigenvalue weighted by Gasteiger charge is 2.58. The normalized spacial score (nSPS) is 27.4. The van der Waals surface area contributed by atoms with E-state index in [4.69, 9.17) is 28.4 Å². The number of carbonyl (C=O) groups excluding carboxylic acids is 2. The van der Waals surface area contributed by atoms with Gasteiger partial charge in [-0.05, 0) is 69.3 Å². The Morgan fingerprint density at radius 3 is 2.53 bits per heavy atom. The van der Waals surface area contributed by atoms with Gasteiger partial charge in [-0.15, -0.1) is 11.8 Å². The second kappa shape index (κ2) is 14.2. The number of likely N-dealkylation sites (N-methyl/N-ethyl adjacent to an activating group) is 1. The highest BCUT2D eigenvalue weighted by Crippen LogP contribution is 2.63. The Bertz CT molecular complexity index is 2370. The number of aliphatic hydroxyl groups excluding tert-OH is 2. The lowest BCUT2D eigenvalue weighted by Crippen LogP contribution is -2.62. The van der Waals surface area contributed by atoms with Crippen molar-refractivity contribution in [3.05, 3.63) is 68.9 Å². The molecule has 58 heavy (non-hydrogen) atoms. The second-order valence-electron chi connectivity index (χ2n) is 16.0. The van der Waals surface area contributed by atoms with Crippen LogP contribution in [0.2, 0.25) is 0 Å². The van der Waals surface area contributed by atoms with E-state index in [2.05, 4.69) is 10.3 Å². The summed E-state index contributed by atoms with van der Waals surface area (Å²) in [4.78, 5) is 35.6. The summed E-state index contributed by atoms with van der Waals surface area (Å²) in [5.41, 5.74) is 4.69. The molecule has 2 bridgehead atoms. The van der Waals surface area contributed by atoms with Gasteiger partial charge in [-0.25, -0.2) is 4.79 Å². The number of nitrogens with one attached hydrogen (secondary N) is 2. The molecule has 3 aromatic carbocycles. The molecule has 1 spiro atoms.